The molecule has 0 aliphatic carbocycles. The van der Waals surface area contributed by atoms with Crippen molar-refractivity contribution in [1.82, 2.24) is 19.7 Å². The van der Waals surface area contributed by atoms with Crippen LogP contribution < -0.4 is 20.7 Å². The van der Waals surface area contributed by atoms with E-state index >= 15 is 0 Å². The number of fused-ring (bicyclic) bond motifs is 1. The molecule has 246 valence electrons. The molecule has 0 unspecified atom stereocenters. The Kier molecular flexibility index (Phi) is 9.96. The molecule has 0 saturated carbocycles. The fourth-order valence-electron chi connectivity index (χ4n) is 4.99. The third kappa shape index (κ3) is 8.46. The van der Waals surface area contributed by atoms with Crippen LogP contribution in [0.1, 0.15) is 32.0 Å². The van der Waals surface area contributed by atoms with Crippen LogP contribution in [0.4, 0.5) is 22.2 Å². The van der Waals surface area contributed by atoms with Crippen LogP contribution in [0.2, 0.25) is 0 Å². The van der Waals surface area contributed by atoms with Crippen LogP contribution in [0.3, 0.4) is 0 Å². The van der Waals surface area contributed by atoms with E-state index in [9.17, 15) is 9.36 Å². The van der Waals surface area contributed by atoms with Crippen molar-refractivity contribution in [2.45, 2.75) is 32.3 Å². The molecule has 0 fully saturated rings. The Morgan fingerprint density at radius 1 is 0.958 bits per heavy atom. The minimum Gasteiger partial charge on any atom is -0.438 e. The van der Waals surface area contributed by atoms with Gasteiger partial charge in [0.25, 0.3) is 0 Å². The molecule has 48 heavy (non-hydrogen) atoms. The highest BCUT2D eigenvalue weighted by Gasteiger charge is 2.22. The maximum absolute atomic E-state index is 13.5. The first kappa shape index (κ1) is 33.9. The van der Waals surface area contributed by atoms with E-state index in [0.29, 0.717) is 40.9 Å². The van der Waals surface area contributed by atoms with E-state index in [0.717, 1.165) is 27.7 Å². The molecule has 5 rings (SSSR count). The monoisotopic (exact) mass is 661 g/mol. The summed E-state index contributed by atoms with van der Waals surface area (Å²) in [4.78, 5) is 22.2. The number of urea groups is 1. The summed E-state index contributed by atoms with van der Waals surface area (Å²) < 4.78 is 20.4. The second-order valence-corrected chi connectivity index (χ2v) is 16.2. The fraction of sp³-hybridized carbons (Fsp3) is 0.189. The molecule has 3 N–H and O–H groups in total. The summed E-state index contributed by atoms with van der Waals surface area (Å²) in [6, 6.07) is 22.1. The summed E-state index contributed by atoms with van der Waals surface area (Å²) in [6.07, 6.45) is 7.11. The Bertz CT molecular complexity index is 2070. The molecule has 0 atom stereocenters. The predicted octanol–water partition coefficient (Wildman–Crippen LogP) is 9.34. The number of allylic oxidation sites excluding steroid dienone is 3. The zero-order valence-corrected chi connectivity index (χ0v) is 28.7. The highest BCUT2D eigenvalue weighted by atomic mass is 31.2. The Hall–Kier alpha value is -5.47. The van der Waals surface area contributed by atoms with Gasteiger partial charge in [0.2, 0.25) is 11.8 Å². The largest absolute Gasteiger partial charge is 0.438 e. The maximum Gasteiger partial charge on any atom is 0.324 e. The first-order valence-electron chi connectivity index (χ1n) is 15.4. The second kappa shape index (κ2) is 14.1. The van der Waals surface area contributed by atoms with Gasteiger partial charge >= 0.3 is 6.03 Å². The molecule has 0 saturated heterocycles. The summed E-state index contributed by atoms with van der Waals surface area (Å²) in [6.45, 7) is 17.2. The quantitative estimate of drug-likeness (QED) is 0.0952. The van der Waals surface area contributed by atoms with E-state index in [4.69, 9.17) is 9.84 Å². The van der Waals surface area contributed by atoms with Crippen molar-refractivity contribution in [3.63, 3.8) is 0 Å². The molecular weight excluding hydrogens is 621 g/mol. The van der Waals surface area contributed by atoms with E-state index in [-0.39, 0.29) is 5.41 Å². The number of aromatic nitrogens is 4. The fourth-order valence-corrected chi connectivity index (χ4v) is 6.06. The average Bonchev–Trinajstić information content (AvgIpc) is 3.46. The number of amides is 2. The lowest BCUT2D eigenvalue weighted by Crippen LogP contribution is -2.21. The van der Waals surface area contributed by atoms with E-state index in [1.54, 1.807) is 60.6 Å². The topological polar surface area (TPSA) is 123 Å². The molecule has 2 aromatic heterocycles. The standard InChI is InChI=1S/C37H40N7O3P/c1-8-13-26(9-2)39-35-38-21-20-34(42-35)47-31-19-18-30(28-16-10-11-17-29(28)31)40-36(45)41-33-23-32(37(3,4)5)43-44(33)27-15-12-14-25(22-27)24-48(6,7)46/h8-23H,1-2,24H2,3-7H3,(H,38,39,42)(H2,40,41,45)/b26-13+. The van der Waals surface area contributed by atoms with Gasteiger partial charge < -0.3 is 19.9 Å². The van der Waals surface area contributed by atoms with E-state index in [1.807, 2.05) is 54.6 Å². The highest BCUT2D eigenvalue weighted by Crippen LogP contribution is 2.41. The average molecular weight is 662 g/mol. The van der Waals surface area contributed by atoms with Crippen molar-refractivity contribution >= 4 is 41.4 Å². The third-order valence-corrected chi connectivity index (χ3v) is 8.31. The highest BCUT2D eigenvalue weighted by molar-refractivity contribution is 7.61. The Morgan fingerprint density at radius 2 is 1.73 bits per heavy atom. The third-order valence-electron chi connectivity index (χ3n) is 7.19. The van der Waals surface area contributed by atoms with Crippen LogP contribution in [-0.4, -0.2) is 39.1 Å². The normalized spacial score (nSPS) is 12.0. The van der Waals surface area contributed by atoms with Crippen LogP contribution in [-0.2, 0) is 16.1 Å². The number of nitrogens with zero attached hydrogens (tertiary/aromatic N) is 4. The van der Waals surface area contributed by atoms with Crippen LogP contribution in [0.15, 0.2) is 116 Å². The number of carbonyl (C=O) groups excluding carboxylic acids is 1. The number of carbonyl (C=O) groups is 1. The Labute approximate surface area is 281 Å². The number of hydrogen-bond acceptors (Lipinski definition) is 7. The van der Waals surface area contributed by atoms with Crippen LogP contribution in [0.5, 0.6) is 11.6 Å². The van der Waals surface area contributed by atoms with E-state index < -0.39 is 13.2 Å². The maximum atomic E-state index is 13.5. The zero-order valence-electron chi connectivity index (χ0n) is 27.8. The summed E-state index contributed by atoms with van der Waals surface area (Å²) in [5, 5.41) is 15.5. The lowest BCUT2D eigenvalue weighted by atomic mass is 9.92. The molecule has 11 heteroatoms. The summed E-state index contributed by atoms with van der Waals surface area (Å²) in [7, 11) is -2.28. The van der Waals surface area contributed by atoms with Crippen molar-refractivity contribution in [3.8, 4) is 17.3 Å². The van der Waals surface area contributed by atoms with Gasteiger partial charge in [-0.3, -0.25) is 5.32 Å². The second-order valence-electron chi connectivity index (χ2n) is 12.7. The molecule has 5 aromatic rings. The number of hydrogen-bond donors (Lipinski definition) is 3. The smallest absolute Gasteiger partial charge is 0.324 e. The van der Waals surface area contributed by atoms with Crippen LogP contribution in [0.25, 0.3) is 16.5 Å². The molecule has 0 radical (unpaired) electrons. The first-order valence-corrected chi connectivity index (χ1v) is 18.2. The van der Waals surface area contributed by atoms with Gasteiger partial charge in [0.1, 0.15) is 11.6 Å². The lowest BCUT2D eigenvalue weighted by molar-refractivity contribution is 0.262. The van der Waals surface area contributed by atoms with E-state index in [1.165, 1.54) is 0 Å². The number of ether oxygens (including phenoxy) is 1. The van der Waals surface area contributed by atoms with Crippen LogP contribution >= 0.6 is 7.14 Å². The minimum atomic E-state index is -2.28. The van der Waals surface area contributed by atoms with Crippen molar-refractivity contribution in [1.29, 1.82) is 0 Å². The Balaban J connectivity index is 1.40. The summed E-state index contributed by atoms with van der Waals surface area (Å²) >= 11 is 0. The molecule has 2 heterocycles. The molecule has 0 spiro atoms. The molecule has 0 bridgehead atoms. The van der Waals surface area contributed by atoms with Gasteiger partial charge in [0.05, 0.1) is 24.2 Å². The van der Waals surface area contributed by atoms with Gasteiger partial charge in [-0.25, -0.2) is 14.5 Å². The van der Waals surface area contributed by atoms with E-state index in [2.05, 4.69) is 59.8 Å². The number of nitrogens with one attached hydrogen (secondary N) is 3. The molecule has 0 aliphatic rings. The summed E-state index contributed by atoms with van der Waals surface area (Å²) in [5.74, 6) is 1.75. The van der Waals surface area contributed by atoms with Gasteiger partial charge in [0, 0.05) is 46.4 Å². The van der Waals surface area contributed by atoms with Gasteiger partial charge in [-0.1, -0.05) is 76.4 Å². The predicted molar refractivity (Wildman–Crippen MR) is 196 cm³/mol. The van der Waals surface area contributed by atoms with Crippen molar-refractivity contribution in [2.24, 2.45) is 0 Å². The Morgan fingerprint density at radius 3 is 2.44 bits per heavy atom. The SMILES string of the molecule is C=C/C=C(\C=C)Nc1nccc(Oc2ccc(NC(=O)Nc3cc(C(C)(C)C)nn3-c3cccc(CP(C)(C)=O)c3)c3ccccc23)n1. The number of anilines is 3. The molecule has 2 amide bonds. The van der Waals surface area contributed by atoms with Crippen molar-refractivity contribution in [2.75, 3.05) is 29.3 Å². The summed E-state index contributed by atoms with van der Waals surface area (Å²) in [5.41, 5.74) is 3.54. The lowest BCUT2D eigenvalue weighted by Gasteiger charge is -2.15. The van der Waals surface area contributed by atoms with Crippen LogP contribution in [0, 0.1) is 0 Å². The molecule has 3 aromatic carbocycles. The van der Waals surface area contributed by atoms with Gasteiger partial charge in [-0.05, 0) is 55.3 Å². The minimum absolute atomic E-state index is 0.263. The molecular formula is C37H40N7O3P. The zero-order chi connectivity index (χ0) is 34.5. The molecule has 10 nitrogen and oxygen atoms in total. The van der Waals surface area contributed by atoms with Crippen molar-refractivity contribution < 1.29 is 14.1 Å². The van der Waals surface area contributed by atoms with Crippen molar-refractivity contribution in [3.05, 3.63) is 127 Å². The number of rotatable bonds is 11. The number of benzene rings is 3. The first-order chi connectivity index (χ1) is 22.8. The molecule has 0 aliphatic heterocycles. The van der Waals surface area contributed by atoms with Gasteiger partial charge in [-0.2, -0.15) is 10.1 Å². The van der Waals surface area contributed by atoms with Gasteiger partial charge in [0.15, 0.2) is 0 Å². The van der Waals surface area contributed by atoms with Gasteiger partial charge in [-0.15, -0.1) is 0 Å².